The Morgan fingerprint density at radius 3 is 2.00 bits per heavy atom. The summed E-state index contributed by atoms with van der Waals surface area (Å²) in [5, 5.41) is 0. The SMILES string of the molecule is CCCCC(CC)CCCC(Br)CC. The highest BCUT2D eigenvalue weighted by molar-refractivity contribution is 9.09. The van der Waals surface area contributed by atoms with E-state index in [4.69, 9.17) is 0 Å². The lowest BCUT2D eigenvalue weighted by Crippen LogP contribution is -2.01. The predicted molar refractivity (Wildman–Crippen MR) is 70.2 cm³/mol. The van der Waals surface area contributed by atoms with Crippen molar-refractivity contribution in [1.29, 1.82) is 0 Å². The lowest BCUT2D eigenvalue weighted by Gasteiger charge is -2.15. The summed E-state index contributed by atoms with van der Waals surface area (Å²) in [5.74, 6) is 0.992. The molecule has 0 aliphatic carbocycles. The van der Waals surface area contributed by atoms with Crippen molar-refractivity contribution < 1.29 is 0 Å². The molecule has 0 spiro atoms. The molecule has 0 bridgehead atoms. The standard InChI is InChI=1S/C13H27Br/c1-4-7-9-12(5-2)10-8-11-13(14)6-3/h12-13H,4-11H2,1-3H3. The number of unbranched alkanes of at least 4 members (excludes halogenated alkanes) is 1. The molecule has 0 fully saturated rings. The minimum Gasteiger partial charge on any atom is -0.0891 e. The molecule has 0 amide bonds. The topological polar surface area (TPSA) is 0 Å². The van der Waals surface area contributed by atoms with E-state index in [1.54, 1.807) is 0 Å². The van der Waals surface area contributed by atoms with Crippen LogP contribution >= 0.6 is 15.9 Å². The van der Waals surface area contributed by atoms with Crippen LogP contribution in [0.1, 0.15) is 72.1 Å². The first-order valence-corrected chi connectivity index (χ1v) is 7.30. The first kappa shape index (κ1) is 14.5. The molecule has 0 aromatic heterocycles. The third-order valence-electron chi connectivity index (χ3n) is 3.12. The lowest BCUT2D eigenvalue weighted by atomic mass is 9.93. The number of rotatable bonds is 9. The summed E-state index contributed by atoms with van der Waals surface area (Å²) in [6, 6.07) is 0. The summed E-state index contributed by atoms with van der Waals surface area (Å²) in [4.78, 5) is 0.756. The highest BCUT2D eigenvalue weighted by Crippen LogP contribution is 2.21. The highest BCUT2D eigenvalue weighted by atomic mass is 79.9. The first-order chi connectivity index (χ1) is 6.74. The van der Waals surface area contributed by atoms with E-state index >= 15 is 0 Å². The Bertz CT molecular complexity index is 112. The molecule has 0 aliphatic rings. The molecule has 0 saturated heterocycles. The number of hydrogen-bond donors (Lipinski definition) is 0. The van der Waals surface area contributed by atoms with Crippen molar-refractivity contribution in [3.05, 3.63) is 0 Å². The highest BCUT2D eigenvalue weighted by Gasteiger charge is 2.07. The van der Waals surface area contributed by atoms with Gasteiger partial charge in [0.2, 0.25) is 0 Å². The van der Waals surface area contributed by atoms with Gasteiger partial charge in [0.25, 0.3) is 0 Å². The lowest BCUT2D eigenvalue weighted by molar-refractivity contribution is 0.403. The zero-order valence-electron chi connectivity index (χ0n) is 10.2. The summed E-state index contributed by atoms with van der Waals surface area (Å²) >= 11 is 3.70. The molecule has 86 valence electrons. The molecule has 14 heavy (non-hydrogen) atoms. The van der Waals surface area contributed by atoms with Gasteiger partial charge in [0.15, 0.2) is 0 Å². The van der Waals surface area contributed by atoms with Crippen LogP contribution in [0.5, 0.6) is 0 Å². The van der Waals surface area contributed by atoms with Crippen LogP contribution in [-0.4, -0.2) is 4.83 Å². The van der Waals surface area contributed by atoms with Crippen molar-refractivity contribution in [3.63, 3.8) is 0 Å². The second kappa shape index (κ2) is 10.0. The van der Waals surface area contributed by atoms with Crippen LogP contribution in [-0.2, 0) is 0 Å². The van der Waals surface area contributed by atoms with Crippen LogP contribution in [0.25, 0.3) is 0 Å². The van der Waals surface area contributed by atoms with Gasteiger partial charge in [-0.25, -0.2) is 0 Å². The van der Waals surface area contributed by atoms with Crippen molar-refractivity contribution in [1.82, 2.24) is 0 Å². The second-order valence-corrected chi connectivity index (χ2v) is 5.65. The third-order valence-corrected chi connectivity index (χ3v) is 4.22. The molecule has 0 radical (unpaired) electrons. The van der Waals surface area contributed by atoms with Gasteiger partial charge in [-0.2, -0.15) is 0 Å². The quantitative estimate of drug-likeness (QED) is 0.479. The molecular weight excluding hydrogens is 236 g/mol. The van der Waals surface area contributed by atoms with Crippen LogP contribution in [0, 0.1) is 5.92 Å². The average molecular weight is 263 g/mol. The molecule has 0 saturated carbocycles. The summed E-state index contributed by atoms with van der Waals surface area (Å²) in [7, 11) is 0. The molecule has 0 aliphatic heterocycles. The normalized spacial score (nSPS) is 15.4. The van der Waals surface area contributed by atoms with Gasteiger partial charge in [-0.3, -0.25) is 0 Å². The second-order valence-electron chi connectivity index (χ2n) is 4.35. The Morgan fingerprint density at radius 2 is 1.50 bits per heavy atom. The maximum atomic E-state index is 3.70. The Hall–Kier alpha value is 0.480. The summed E-state index contributed by atoms with van der Waals surface area (Å²) < 4.78 is 0. The van der Waals surface area contributed by atoms with E-state index in [2.05, 4.69) is 36.7 Å². The van der Waals surface area contributed by atoms with Gasteiger partial charge in [0.1, 0.15) is 0 Å². The molecule has 1 heteroatoms. The molecule has 2 atom stereocenters. The van der Waals surface area contributed by atoms with Crippen molar-refractivity contribution >= 4 is 15.9 Å². The van der Waals surface area contributed by atoms with Gasteiger partial charge in [0, 0.05) is 4.83 Å². The Morgan fingerprint density at radius 1 is 0.857 bits per heavy atom. The molecule has 0 aromatic carbocycles. The van der Waals surface area contributed by atoms with E-state index < -0.39 is 0 Å². The van der Waals surface area contributed by atoms with Crippen molar-refractivity contribution in [2.45, 2.75) is 77.0 Å². The van der Waals surface area contributed by atoms with Crippen molar-refractivity contribution in [2.24, 2.45) is 5.92 Å². The van der Waals surface area contributed by atoms with Gasteiger partial charge >= 0.3 is 0 Å². The molecule has 0 rings (SSSR count). The fraction of sp³-hybridized carbons (Fsp3) is 1.00. The number of hydrogen-bond acceptors (Lipinski definition) is 0. The van der Waals surface area contributed by atoms with Crippen molar-refractivity contribution in [2.75, 3.05) is 0 Å². The van der Waals surface area contributed by atoms with Gasteiger partial charge in [-0.1, -0.05) is 75.2 Å². The summed E-state index contributed by atoms with van der Waals surface area (Å²) in [6.07, 6.45) is 11.1. The van der Waals surface area contributed by atoms with Crippen LogP contribution in [0.4, 0.5) is 0 Å². The first-order valence-electron chi connectivity index (χ1n) is 6.38. The largest absolute Gasteiger partial charge is 0.0891 e. The summed E-state index contributed by atoms with van der Waals surface area (Å²) in [5.41, 5.74) is 0. The van der Waals surface area contributed by atoms with Gasteiger partial charge < -0.3 is 0 Å². The maximum Gasteiger partial charge on any atom is 0.0143 e. The van der Waals surface area contributed by atoms with Crippen LogP contribution in [0.15, 0.2) is 0 Å². The van der Waals surface area contributed by atoms with Crippen LogP contribution in [0.2, 0.25) is 0 Å². The van der Waals surface area contributed by atoms with Crippen LogP contribution in [0.3, 0.4) is 0 Å². The van der Waals surface area contributed by atoms with E-state index in [0.717, 1.165) is 10.7 Å². The zero-order valence-corrected chi connectivity index (χ0v) is 11.8. The summed E-state index contributed by atoms with van der Waals surface area (Å²) in [6.45, 7) is 6.89. The maximum absolute atomic E-state index is 3.70. The van der Waals surface area contributed by atoms with E-state index in [1.165, 1.54) is 51.4 Å². The minimum atomic E-state index is 0.756. The monoisotopic (exact) mass is 262 g/mol. The van der Waals surface area contributed by atoms with E-state index in [9.17, 15) is 0 Å². The number of halogens is 1. The molecular formula is C13H27Br. The minimum absolute atomic E-state index is 0.756. The van der Waals surface area contributed by atoms with Gasteiger partial charge in [-0.15, -0.1) is 0 Å². The van der Waals surface area contributed by atoms with Gasteiger partial charge in [-0.05, 0) is 18.8 Å². The Labute approximate surface area is 99.0 Å². The molecule has 0 nitrogen and oxygen atoms in total. The zero-order chi connectivity index (χ0) is 10.8. The fourth-order valence-corrected chi connectivity index (χ4v) is 2.20. The molecule has 0 N–H and O–H groups in total. The molecule has 2 unspecified atom stereocenters. The van der Waals surface area contributed by atoms with E-state index in [1.807, 2.05) is 0 Å². The molecule has 0 aromatic rings. The predicted octanol–water partition coefficient (Wildman–Crippen LogP) is 5.55. The molecule has 0 heterocycles. The van der Waals surface area contributed by atoms with Crippen molar-refractivity contribution in [3.8, 4) is 0 Å². The fourth-order valence-electron chi connectivity index (χ4n) is 1.88. The average Bonchev–Trinajstić information content (AvgIpc) is 2.22. The van der Waals surface area contributed by atoms with E-state index in [0.29, 0.717) is 0 Å². The Kier molecular flexibility index (Phi) is 10.4. The van der Waals surface area contributed by atoms with Crippen LogP contribution < -0.4 is 0 Å². The Balaban J connectivity index is 3.42. The third kappa shape index (κ3) is 7.84. The van der Waals surface area contributed by atoms with E-state index in [-0.39, 0.29) is 0 Å². The smallest absolute Gasteiger partial charge is 0.0143 e. The van der Waals surface area contributed by atoms with Gasteiger partial charge in [0.05, 0.1) is 0 Å². The number of alkyl halides is 1.